The second kappa shape index (κ2) is 6.43. The van der Waals surface area contributed by atoms with Crippen LogP contribution < -0.4 is 10.6 Å². The van der Waals surface area contributed by atoms with E-state index in [-0.39, 0.29) is 24.4 Å². The summed E-state index contributed by atoms with van der Waals surface area (Å²) in [4.78, 5) is 11.9. The van der Waals surface area contributed by atoms with Gasteiger partial charge in [0.25, 0.3) is 0 Å². The molecule has 0 saturated heterocycles. The van der Waals surface area contributed by atoms with Gasteiger partial charge in [-0.15, -0.1) is 0 Å². The average molecular weight is 294 g/mol. The van der Waals surface area contributed by atoms with Gasteiger partial charge in [0, 0.05) is 6.54 Å². The number of amides is 2. The highest BCUT2D eigenvalue weighted by Gasteiger charge is 2.26. The molecule has 21 heavy (non-hydrogen) atoms. The largest absolute Gasteiger partial charge is 0.388 e. The zero-order valence-corrected chi connectivity index (χ0v) is 12.6. The summed E-state index contributed by atoms with van der Waals surface area (Å²) in [5, 5.41) is 15.8. The number of benzene rings is 1. The van der Waals surface area contributed by atoms with Crippen molar-refractivity contribution in [2.24, 2.45) is 0 Å². The first-order chi connectivity index (χ1) is 9.97. The van der Waals surface area contributed by atoms with E-state index in [0.717, 1.165) is 24.0 Å². The Labute approximate surface area is 124 Å². The van der Waals surface area contributed by atoms with E-state index in [1.54, 1.807) is 6.07 Å². The lowest BCUT2D eigenvalue weighted by atomic mass is 9.98. The summed E-state index contributed by atoms with van der Waals surface area (Å²) < 4.78 is 13.2. The maximum Gasteiger partial charge on any atom is 0.315 e. The molecule has 1 aliphatic carbocycles. The van der Waals surface area contributed by atoms with Crippen LogP contribution in [0.1, 0.15) is 50.3 Å². The van der Waals surface area contributed by atoms with Crippen LogP contribution in [0.5, 0.6) is 0 Å². The van der Waals surface area contributed by atoms with Crippen molar-refractivity contribution in [1.29, 1.82) is 0 Å². The van der Waals surface area contributed by atoms with Crippen molar-refractivity contribution in [2.75, 3.05) is 6.54 Å². The Kier molecular flexibility index (Phi) is 4.83. The van der Waals surface area contributed by atoms with E-state index in [1.807, 2.05) is 13.8 Å². The van der Waals surface area contributed by atoms with Gasteiger partial charge in [-0.1, -0.05) is 19.9 Å². The Morgan fingerprint density at radius 1 is 1.43 bits per heavy atom. The summed E-state index contributed by atoms with van der Waals surface area (Å²) in [5.41, 5.74) is 1.08. The first kappa shape index (κ1) is 15.8. The maximum absolute atomic E-state index is 13.2. The molecule has 2 rings (SSSR count). The van der Waals surface area contributed by atoms with Crippen molar-refractivity contribution in [3.05, 3.63) is 35.1 Å². The number of hydrogen-bond donors (Lipinski definition) is 3. The number of halogens is 1. The molecular formula is C16H23FN2O2. The molecular weight excluding hydrogens is 271 g/mol. The molecule has 0 fully saturated rings. The third-order valence-corrected chi connectivity index (χ3v) is 4.38. The minimum Gasteiger partial charge on any atom is -0.388 e. The number of aryl methyl sites for hydroxylation is 1. The van der Waals surface area contributed by atoms with E-state index in [9.17, 15) is 14.3 Å². The Morgan fingerprint density at radius 2 is 2.14 bits per heavy atom. The van der Waals surface area contributed by atoms with Gasteiger partial charge in [-0.25, -0.2) is 9.18 Å². The standard InChI is InChI=1S/C16H23FN2O2/c1-3-16(21,4-2)10-18-15(20)19-14-8-5-11-9-12(17)6-7-13(11)14/h6-7,9,14,21H,3-5,8,10H2,1-2H3,(H2,18,19,20). The van der Waals surface area contributed by atoms with E-state index in [0.29, 0.717) is 12.8 Å². The number of aliphatic hydroxyl groups is 1. The fourth-order valence-corrected chi connectivity index (χ4v) is 2.69. The van der Waals surface area contributed by atoms with Crippen molar-refractivity contribution in [3.8, 4) is 0 Å². The molecule has 0 radical (unpaired) electrons. The quantitative estimate of drug-likeness (QED) is 0.782. The number of carbonyl (C=O) groups excluding carboxylic acids is 1. The number of nitrogens with one attached hydrogen (secondary N) is 2. The minimum absolute atomic E-state index is 0.0862. The predicted octanol–water partition coefficient (Wildman–Crippen LogP) is 2.66. The lowest BCUT2D eigenvalue weighted by Crippen LogP contribution is -2.46. The van der Waals surface area contributed by atoms with Gasteiger partial charge < -0.3 is 15.7 Å². The Morgan fingerprint density at radius 3 is 2.81 bits per heavy atom. The van der Waals surface area contributed by atoms with Gasteiger partial charge in [0.2, 0.25) is 0 Å². The second-order valence-corrected chi connectivity index (χ2v) is 5.69. The molecule has 0 bridgehead atoms. The van der Waals surface area contributed by atoms with Gasteiger partial charge >= 0.3 is 6.03 Å². The van der Waals surface area contributed by atoms with Gasteiger partial charge in [-0.2, -0.15) is 0 Å². The van der Waals surface area contributed by atoms with Crippen molar-refractivity contribution in [3.63, 3.8) is 0 Å². The third-order valence-electron chi connectivity index (χ3n) is 4.38. The number of carbonyl (C=O) groups is 1. The topological polar surface area (TPSA) is 61.4 Å². The van der Waals surface area contributed by atoms with E-state index in [2.05, 4.69) is 10.6 Å². The summed E-state index contributed by atoms with van der Waals surface area (Å²) in [6.45, 7) is 4.02. The second-order valence-electron chi connectivity index (χ2n) is 5.69. The van der Waals surface area contributed by atoms with E-state index in [4.69, 9.17) is 0 Å². The molecule has 1 atom stereocenters. The molecule has 1 aromatic rings. The van der Waals surface area contributed by atoms with Crippen LogP contribution in [-0.2, 0) is 6.42 Å². The number of rotatable bonds is 5. The van der Waals surface area contributed by atoms with Crippen molar-refractivity contribution in [2.45, 2.75) is 51.2 Å². The zero-order chi connectivity index (χ0) is 15.5. The summed E-state index contributed by atoms with van der Waals surface area (Å²) in [7, 11) is 0. The summed E-state index contributed by atoms with van der Waals surface area (Å²) in [6.07, 6.45) is 2.73. The number of urea groups is 1. The molecule has 4 nitrogen and oxygen atoms in total. The molecule has 3 N–H and O–H groups in total. The van der Waals surface area contributed by atoms with Crippen LogP contribution in [0.25, 0.3) is 0 Å². The SMILES string of the molecule is CCC(O)(CC)CNC(=O)NC1CCc2cc(F)ccc21. The predicted molar refractivity (Wildman–Crippen MR) is 79.5 cm³/mol. The molecule has 0 saturated carbocycles. The molecule has 1 unspecified atom stereocenters. The van der Waals surface area contributed by atoms with E-state index in [1.165, 1.54) is 12.1 Å². The molecule has 0 spiro atoms. The number of fused-ring (bicyclic) bond motifs is 1. The molecule has 5 heteroatoms. The fraction of sp³-hybridized carbons (Fsp3) is 0.562. The molecule has 0 heterocycles. The van der Waals surface area contributed by atoms with E-state index < -0.39 is 5.60 Å². The van der Waals surface area contributed by atoms with Gasteiger partial charge in [-0.05, 0) is 48.9 Å². The molecule has 116 valence electrons. The van der Waals surface area contributed by atoms with Crippen LogP contribution in [0.3, 0.4) is 0 Å². The van der Waals surface area contributed by atoms with Crippen LogP contribution >= 0.6 is 0 Å². The first-order valence-electron chi connectivity index (χ1n) is 7.52. The van der Waals surface area contributed by atoms with Gasteiger partial charge in [0.05, 0.1) is 11.6 Å². The zero-order valence-electron chi connectivity index (χ0n) is 12.6. The third kappa shape index (κ3) is 3.73. The van der Waals surface area contributed by atoms with Gasteiger partial charge in [0.15, 0.2) is 0 Å². The van der Waals surface area contributed by atoms with Gasteiger partial charge in [-0.3, -0.25) is 0 Å². The summed E-state index contributed by atoms with van der Waals surface area (Å²) in [5.74, 6) is -0.241. The molecule has 2 amide bonds. The number of hydrogen-bond acceptors (Lipinski definition) is 2. The van der Waals surface area contributed by atoms with Crippen LogP contribution in [0.2, 0.25) is 0 Å². The Balaban J connectivity index is 1.91. The van der Waals surface area contributed by atoms with Crippen molar-refractivity contribution in [1.82, 2.24) is 10.6 Å². The van der Waals surface area contributed by atoms with Crippen LogP contribution in [0.15, 0.2) is 18.2 Å². The normalized spacial score (nSPS) is 17.4. The highest BCUT2D eigenvalue weighted by Crippen LogP contribution is 2.31. The molecule has 1 aliphatic rings. The van der Waals surface area contributed by atoms with Crippen molar-refractivity contribution < 1.29 is 14.3 Å². The first-order valence-corrected chi connectivity index (χ1v) is 7.52. The van der Waals surface area contributed by atoms with E-state index >= 15 is 0 Å². The summed E-state index contributed by atoms with van der Waals surface area (Å²) in [6, 6.07) is 4.30. The Hall–Kier alpha value is -1.62. The minimum atomic E-state index is -0.853. The molecule has 1 aromatic carbocycles. The molecule has 0 aliphatic heterocycles. The molecule has 0 aromatic heterocycles. The summed E-state index contributed by atoms with van der Waals surface area (Å²) >= 11 is 0. The highest BCUT2D eigenvalue weighted by molar-refractivity contribution is 5.74. The van der Waals surface area contributed by atoms with Gasteiger partial charge in [0.1, 0.15) is 5.82 Å². The monoisotopic (exact) mass is 294 g/mol. The smallest absolute Gasteiger partial charge is 0.315 e. The average Bonchev–Trinajstić information content (AvgIpc) is 2.87. The van der Waals surface area contributed by atoms with Crippen LogP contribution in [-0.4, -0.2) is 23.3 Å². The lowest BCUT2D eigenvalue weighted by molar-refractivity contribution is 0.0348. The lowest BCUT2D eigenvalue weighted by Gasteiger charge is -2.26. The van der Waals surface area contributed by atoms with Crippen LogP contribution in [0.4, 0.5) is 9.18 Å². The highest BCUT2D eigenvalue weighted by atomic mass is 19.1. The maximum atomic E-state index is 13.2. The van der Waals surface area contributed by atoms with Crippen molar-refractivity contribution >= 4 is 6.03 Å². The fourth-order valence-electron chi connectivity index (χ4n) is 2.69. The Bertz CT molecular complexity index is 515. The van der Waals surface area contributed by atoms with Crippen LogP contribution in [0, 0.1) is 5.82 Å².